The Morgan fingerprint density at radius 1 is 0.864 bits per heavy atom. The summed E-state index contributed by atoms with van der Waals surface area (Å²) in [5.41, 5.74) is 5.32. The van der Waals surface area contributed by atoms with Crippen LogP contribution >= 0.6 is 0 Å². The topological polar surface area (TPSA) is 203 Å². The van der Waals surface area contributed by atoms with Crippen molar-refractivity contribution in [2.45, 2.75) is 50.6 Å². The number of nitrogens with one attached hydrogen (secondary N) is 3. The number of imide groups is 1. The van der Waals surface area contributed by atoms with E-state index in [1.165, 1.54) is 34.6 Å². The molecule has 10 rings (SSSR count). The maximum Gasteiger partial charge on any atom is 0.329 e. The van der Waals surface area contributed by atoms with Crippen LogP contribution < -0.4 is 31.4 Å². The Balaban J connectivity index is 0.954. The Bertz CT molecular complexity index is 3230. The molecule has 18 nitrogen and oxygen atoms in total. The molecule has 3 aliphatic rings. The van der Waals surface area contributed by atoms with Crippen LogP contribution in [0.1, 0.15) is 71.6 Å². The van der Waals surface area contributed by atoms with Gasteiger partial charge in [0.15, 0.2) is 5.69 Å². The number of carbonyl (C=O) groups is 5. The Labute approximate surface area is 376 Å². The van der Waals surface area contributed by atoms with Gasteiger partial charge in [0, 0.05) is 88.5 Å². The molecule has 0 radical (unpaired) electrons. The number of aryl methyl sites for hydroxylation is 2. The summed E-state index contributed by atoms with van der Waals surface area (Å²) in [5.74, 6) is -2.58. The molecule has 1 unspecified atom stereocenters. The number of fused-ring (bicyclic) bond motifs is 2. The first-order valence-electron chi connectivity index (χ1n) is 21.8. The number of nitrogens with zero attached hydrogens (tertiary/aromatic N) is 9. The number of hydrogen-bond acceptors (Lipinski definition) is 10. The number of pyridine rings is 1. The number of benzene rings is 3. The number of para-hydroxylation sites is 1. The van der Waals surface area contributed by atoms with E-state index in [4.69, 9.17) is 5.10 Å². The minimum atomic E-state index is -0.783. The number of imidazole rings is 1. The minimum Gasteiger partial charge on any atom is -0.370 e. The second-order valence-corrected chi connectivity index (χ2v) is 16.9. The zero-order chi connectivity index (χ0) is 46.0. The number of aromatic nitrogens is 7. The van der Waals surface area contributed by atoms with Crippen LogP contribution in [0.3, 0.4) is 0 Å². The van der Waals surface area contributed by atoms with Crippen molar-refractivity contribution in [2.75, 3.05) is 41.8 Å². The molecular formula is C47H45FN12O6. The normalized spacial score (nSPS) is 17.0. The Hall–Kier alpha value is -7.96. The lowest BCUT2D eigenvalue weighted by atomic mass is 9.93. The molecule has 3 saturated heterocycles. The maximum atomic E-state index is 17.2. The molecule has 5 amide bonds. The van der Waals surface area contributed by atoms with Crippen molar-refractivity contribution in [3.63, 3.8) is 0 Å². The lowest BCUT2D eigenvalue weighted by Crippen LogP contribution is -2.44. The van der Waals surface area contributed by atoms with E-state index in [1.807, 2.05) is 41.2 Å². The highest BCUT2D eigenvalue weighted by molar-refractivity contribution is 6.12. The van der Waals surface area contributed by atoms with Gasteiger partial charge >= 0.3 is 5.69 Å². The van der Waals surface area contributed by atoms with Crippen molar-refractivity contribution in [3.8, 4) is 22.3 Å². The van der Waals surface area contributed by atoms with Crippen molar-refractivity contribution in [1.29, 1.82) is 0 Å². The average molecular weight is 893 g/mol. The number of anilines is 3. The van der Waals surface area contributed by atoms with E-state index in [0.717, 1.165) is 24.9 Å². The first-order valence-corrected chi connectivity index (χ1v) is 21.8. The van der Waals surface area contributed by atoms with Crippen molar-refractivity contribution in [2.24, 2.45) is 14.1 Å². The highest BCUT2D eigenvalue weighted by Gasteiger charge is 2.33. The molecule has 19 heteroatoms. The van der Waals surface area contributed by atoms with Crippen LogP contribution in [0.2, 0.25) is 0 Å². The zero-order valence-corrected chi connectivity index (χ0v) is 36.4. The molecule has 0 saturated carbocycles. The summed E-state index contributed by atoms with van der Waals surface area (Å²) < 4.78 is 23.6. The second-order valence-electron chi connectivity index (χ2n) is 16.9. The summed E-state index contributed by atoms with van der Waals surface area (Å²) >= 11 is 0. The molecule has 0 aliphatic carbocycles. The van der Waals surface area contributed by atoms with Gasteiger partial charge in [-0.25, -0.2) is 9.18 Å². The molecule has 336 valence electrons. The highest BCUT2D eigenvalue weighted by Crippen LogP contribution is 2.41. The lowest BCUT2D eigenvalue weighted by Gasteiger charge is -2.34. The fourth-order valence-electron chi connectivity index (χ4n) is 9.68. The molecule has 1 atom stereocenters. The molecule has 4 aromatic heterocycles. The SMILES string of the molecule is CNC(=O)c1cc(NC(=O)c2nn(C)c3ccc(-c4ccc(N5CCCC5=O)cc4-c4cnn(C5CCN(c6cccc7c6n(C)c(=O)n7C6CCC(=O)NC6=O)CC5)c4)c(F)c23)ccn1. The third-order valence-electron chi connectivity index (χ3n) is 13.0. The summed E-state index contributed by atoms with van der Waals surface area (Å²) in [7, 11) is 4.80. The van der Waals surface area contributed by atoms with Crippen LogP contribution in [0.4, 0.5) is 21.5 Å². The maximum absolute atomic E-state index is 17.2. The van der Waals surface area contributed by atoms with Gasteiger partial charge in [-0.3, -0.25) is 52.8 Å². The number of amides is 5. The summed E-state index contributed by atoms with van der Waals surface area (Å²) in [6.45, 7) is 1.87. The zero-order valence-electron chi connectivity index (χ0n) is 36.4. The number of rotatable bonds is 9. The van der Waals surface area contributed by atoms with E-state index >= 15 is 4.39 Å². The molecule has 3 fully saturated rings. The highest BCUT2D eigenvalue weighted by atomic mass is 19.1. The van der Waals surface area contributed by atoms with E-state index in [9.17, 15) is 28.8 Å². The molecule has 7 aromatic rings. The predicted molar refractivity (Wildman–Crippen MR) is 244 cm³/mol. The van der Waals surface area contributed by atoms with Crippen molar-refractivity contribution in [1.82, 2.24) is 44.3 Å². The van der Waals surface area contributed by atoms with E-state index in [0.29, 0.717) is 65.0 Å². The van der Waals surface area contributed by atoms with Crippen LogP contribution in [-0.4, -0.2) is 89.9 Å². The van der Waals surface area contributed by atoms with E-state index < -0.39 is 29.6 Å². The first-order chi connectivity index (χ1) is 31.9. The van der Waals surface area contributed by atoms with Gasteiger partial charge in [0.05, 0.1) is 39.9 Å². The fraction of sp³-hybridized carbons (Fsp3) is 0.298. The summed E-state index contributed by atoms with van der Waals surface area (Å²) in [6.07, 6.45) is 8.10. The van der Waals surface area contributed by atoms with Crippen LogP contribution in [0.15, 0.2) is 84.0 Å². The van der Waals surface area contributed by atoms with E-state index in [1.54, 1.807) is 48.0 Å². The summed E-state index contributed by atoms with van der Waals surface area (Å²) in [5, 5.41) is 16.9. The first kappa shape index (κ1) is 42.0. The van der Waals surface area contributed by atoms with Crippen molar-refractivity contribution in [3.05, 3.63) is 107 Å². The molecule has 7 heterocycles. The summed E-state index contributed by atoms with van der Waals surface area (Å²) in [4.78, 5) is 85.3. The molecule has 0 bridgehead atoms. The molecule has 66 heavy (non-hydrogen) atoms. The van der Waals surface area contributed by atoms with Gasteiger partial charge in [0.25, 0.3) is 11.8 Å². The van der Waals surface area contributed by atoms with Crippen LogP contribution in [0.25, 0.3) is 44.2 Å². The quantitative estimate of drug-likeness (QED) is 0.168. The third kappa shape index (κ3) is 7.15. The van der Waals surface area contributed by atoms with Gasteiger partial charge < -0.3 is 20.4 Å². The van der Waals surface area contributed by atoms with Gasteiger partial charge in [-0.2, -0.15) is 10.2 Å². The fourth-order valence-corrected chi connectivity index (χ4v) is 9.68. The average Bonchev–Trinajstić information content (AvgIpc) is 4.12. The molecular weight excluding hydrogens is 848 g/mol. The molecule has 0 spiro atoms. The van der Waals surface area contributed by atoms with Crippen LogP contribution in [-0.2, 0) is 28.5 Å². The van der Waals surface area contributed by atoms with E-state index in [-0.39, 0.29) is 64.4 Å². The molecule has 3 aromatic carbocycles. The second kappa shape index (κ2) is 16.5. The Kier molecular flexibility index (Phi) is 10.5. The van der Waals surface area contributed by atoms with Gasteiger partial charge in [-0.1, -0.05) is 12.1 Å². The molecule has 3 aliphatic heterocycles. The minimum absolute atomic E-state index is 0.00899. The largest absolute Gasteiger partial charge is 0.370 e. The monoisotopic (exact) mass is 892 g/mol. The predicted octanol–water partition coefficient (Wildman–Crippen LogP) is 4.85. The number of halogens is 1. The van der Waals surface area contributed by atoms with Crippen LogP contribution in [0, 0.1) is 5.82 Å². The smallest absolute Gasteiger partial charge is 0.329 e. The van der Waals surface area contributed by atoms with Gasteiger partial charge in [-0.05, 0) is 85.3 Å². The number of hydrogen-bond donors (Lipinski definition) is 3. The van der Waals surface area contributed by atoms with E-state index in [2.05, 4.69) is 30.9 Å². The van der Waals surface area contributed by atoms with Crippen molar-refractivity contribution >= 4 is 68.5 Å². The molecule has 3 N–H and O–H groups in total. The van der Waals surface area contributed by atoms with Gasteiger partial charge in [-0.15, -0.1) is 0 Å². The van der Waals surface area contributed by atoms with Crippen molar-refractivity contribution < 1.29 is 28.4 Å². The number of carbonyl (C=O) groups excluding carboxylic acids is 5. The lowest BCUT2D eigenvalue weighted by molar-refractivity contribution is -0.135. The summed E-state index contributed by atoms with van der Waals surface area (Å²) in [6, 6.07) is 16.7. The Morgan fingerprint density at radius 2 is 1.67 bits per heavy atom. The third-order valence-corrected chi connectivity index (χ3v) is 13.0. The standard InChI is InChI=1S/C47H45FN12O6/c1-49-44(63)33-22-27(15-18-50-33)52-46(65)42-40-34(56(3)54-42)12-11-31(41(40)48)30-10-9-29(58-19-5-8-39(58)62)23-32(30)26-24-51-59(25-26)28-16-20-57(21-17-28)35-6-4-7-36-43(35)55(2)47(66)60(36)37-13-14-38(61)53-45(37)64/h4,6-7,9-12,15,18,22-25,28,37H,5,8,13-14,16-17,19-21H2,1-3H3,(H,49,63)(H,50,52,65)(H,53,61,64). The van der Waals surface area contributed by atoms with Gasteiger partial charge in [0.1, 0.15) is 17.6 Å². The van der Waals surface area contributed by atoms with Crippen LogP contribution in [0.5, 0.6) is 0 Å². The van der Waals surface area contributed by atoms with Gasteiger partial charge in [0.2, 0.25) is 17.7 Å². The Morgan fingerprint density at radius 3 is 2.42 bits per heavy atom. The number of piperidine rings is 2.